The van der Waals surface area contributed by atoms with Crippen LogP contribution < -0.4 is 9.47 Å². The van der Waals surface area contributed by atoms with Crippen LogP contribution >= 0.6 is 34.9 Å². The number of methoxy groups -OCH3 is 2. The molecule has 1 heterocycles. The summed E-state index contributed by atoms with van der Waals surface area (Å²) in [5.74, 6) is 1.44. The Bertz CT molecular complexity index is 839. The molecule has 0 fully saturated rings. The zero-order valence-corrected chi connectivity index (χ0v) is 16.7. The standard InChI is InChI=1S/C19H18O4S3/c1-22-13-7-3-11(4-8-13)15(20)17-18(26-19(24)25-17)16(21)12-5-9-14(23-2)10-6-12/h3-10,15-16,20-21H,1-2H3. The lowest BCUT2D eigenvalue weighted by molar-refractivity contribution is 0.203. The van der Waals surface area contributed by atoms with Gasteiger partial charge in [-0.1, -0.05) is 36.5 Å². The molecule has 2 N–H and O–H groups in total. The van der Waals surface area contributed by atoms with Gasteiger partial charge in [-0.2, -0.15) is 0 Å². The maximum Gasteiger partial charge on any atom is 0.144 e. The van der Waals surface area contributed by atoms with E-state index in [4.69, 9.17) is 21.7 Å². The van der Waals surface area contributed by atoms with Crippen molar-refractivity contribution in [2.24, 2.45) is 0 Å². The van der Waals surface area contributed by atoms with Gasteiger partial charge in [-0.25, -0.2) is 0 Å². The fourth-order valence-corrected chi connectivity index (χ4v) is 5.33. The van der Waals surface area contributed by atoms with Gasteiger partial charge in [-0.05, 0) is 35.4 Å². The Morgan fingerprint density at radius 1 is 0.731 bits per heavy atom. The average Bonchev–Trinajstić information content (AvgIpc) is 3.08. The molecule has 7 heteroatoms. The molecule has 1 aromatic heterocycles. The highest BCUT2D eigenvalue weighted by atomic mass is 32.2. The number of ether oxygens (including phenoxy) is 2. The topological polar surface area (TPSA) is 58.9 Å². The van der Waals surface area contributed by atoms with E-state index >= 15 is 0 Å². The largest absolute Gasteiger partial charge is 0.497 e. The SMILES string of the molecule is COc1ccc(C(O)c2sc(=S)sc2C(O)c2ccc(OC)cc2)cc1. The molecule has 0 saturated heterocycles. The molecule has 0 aliphatic rings. The van der Waals surface area contributed by atoms with Crippen LogP contribution in [0.15, 0.2) is 48.5 Å². The Morgan fingerprint density at radius 2 is 1.08 bits per heavy atom. The first-order valence-corrected chi connectivity index (χ1v) is 9.85. The van der Waals surface area contributed by atoms with Crippen LogP contribution in [0.5, 0.6) is 11.5 Å². The fraction of sp³-hybridized carbons (Fsp3) is 0.211. The molecule has 26 heavy (non-hydrogen) atoms. The normalized spacial score (nSPS) is 13.2. The zero-order chi connectivity index (χ0) is 18.7. The highest BCUT2D eigenvalue weighted by molar-refractivity contribution is 7.76. The Balaban J connectivity index is 1.94. The van der Waals surface area contributed by atoms with E-state index in [9.17, 15) is 10.2 Å². The summed E-state index contributed by atoms with van der Waals surface area (Å²) in [6.07, 6.45) is -1.72. The second-order valence-electron chi connectivity index (χ2n) is 5.53. The van der Waals surface area contributed by atoms with Crippen molar-refractivity contribution in [3.8, 4) is 11.5 Å². The molecule has 0 spiro atoms. The van der Waals surface area contributed by atoms with Gasteiger partial charge in [0, 0.05) is 0 Å². The minimum Gasteiger partial charge on any atom is -0.497 e. The molecule has 2 unspecified atom stereocenters. The first kappa shape index (κ1) is 19.0. The maximum atomic E-state index is 10.8. The van der Waals surface area contributed by atoms with Crippen molar-refractivity contribution in [3.63, 3.8) is 0 Å². The summed E-state index contributed by atoms with van der Waals surface area (Å²) < 4.78 is 11.0. The molecule has 0 aliphatic carbocycles. The third-order valence-electron chi connectivity index (χ3n) is 3.99. The minimum absolute atomic E-state index is 0.661. The van der Waals surface area contributed by atoms with Crippen LogP contribution in [0.3, 0.4) is 0 Å². The summed E-state index contributed by atoms with van der Waals surface area (Å²) >= 11 is 7.96. The lowest BCUT2D eigenvalue weighted by Gasteiger charge is -2.16. The second kappa shape index (κ2) is 8.28. The van der Waals surface area contributed by atoms with E-state index in [-0.39, 0.29) is 0 Å². The first-order valence-electron chi connectivity index (χ1n) is 7.81. The highest BCUT2D eigenvalue weighted by Crippen LogP contribution is 2.40. The van der Waals surface area contributed by atoms with Gasteiger partial charge < -0.3 is 19.7 Å². The van der Waals surface area contributed by atoms with Gasteiger partial charge >= 0.3 is 0 Å². The summed E-state index contributed by atoms with van der Waals surface area (Å²) in [5.41, 5.74) is 1.44. The van der Waals surface area contributed by atoms with Crippen LogP contribution in [0.1, 0.15) is 33.1 Å². The number of aliphatic hydroxyl groups excluding tert-OH is 2. The van der Waals surface area contributed by atoms with E-state index in [2.05, 4.69) is 0 Å². The number of aliphatic hydroxyl groups is 2. The van der Waals surface area contributed by atoms with E-state index in [0.29, 0.717) is 12.9 Å². The Morgan fingerprint density at radius 3 is 1.38 bits per heavy atom. The number of benzene rings is 2. The van der Waals surface area contributed by atoms with Gasteiger partial charge in [0.1, 0.15) is 26.8 Å². The van der Waals surface area contributed by atoms with Crippen molar-refractivity contribution < 1.29 is 19.7 Å². The highest BCUT2D eigenvalue weighted by Gasteiger charge is 2.24. The second-order valence-corrected chi connectivity index (χ2v) is 8.82. The van der Waals surface area contributed by atoms with Crippen molar-refractivity contribution in [2.45, 2.75) is 12.2 Å². The van der Waals surface area contributed by atoms with E-state index in [1.54, 1.807) is 62.8 Å². The zero-order valence-electron chi connectivity index (χ0n) is 14.2. The number of hydrogen-bond acceptors (Lipinski definition) is 7. The first-order chi connectivity index (χ1) is 12.5. The summed E-state index contributed by atoms with van der Waals surface area (Å²) in [7, 11) is 3.19. The van der Waals surface area contributed by atoms with Crippen molar-refractivity contribution in [3.05, 3.63) is 72.5 Å². The van der Waals surface area contributed by atoms with Crippen molar-refractivity contribution in [2.75, 3.05) is 14.2 Å². The molecule has 3 rings (SSSR count). The lowest BCUT2D eigenvalue weighted by atomic mass is 10.0. The molecule has 2 aromatic carbocycles. The average molecular weight is 407 g/mol. The third-order valence-corrected chi connectivity index (χ3v) is 6.78. The van der Waals surface area contributed by atoms with E-state index in [0.717, 1.165) is 22.6 Å². The predicted molar refractivity (Wildman–Crippen MR) is 107 cm³/mol. The molecule has 0 bridgehead atoms. The number of hydrogen-bond donors (Lipinski definition) is 2. The Hall–Kier alpha value is -1.77. The van der Waals surface area contributed by atoms with Crippen molar-refractivity contribution in [1.29, 1.82) is 0 Å². The van der Waals surface area contributed by atoms with Crippen molar-refractivity contribution in [1.82, 2.24) is 0 Å². The molecule has 0 radical (unpaired) electrons. The van der Waals surface area contributed by atoms with Gasteiger partial charge in [-0.3, -0.25) is 0 Å². The third kappa shape index (κ3) is 3.97. The summed E-state index contributed by atoms with van der Waals surface area (Å²) in [5, 5.41) is 21.7. The van der Waals surface area contributed by atoms with Crippen LogP contribution in [0.25, 0.3) is 0 Å². The molecular formula is C19H18O4S3. The van der Waals surface area contributed by atoms with Crippen LogP contribution in [-0.2, 0) is 0 Å². The van der Waals surface area contributed by atoms with Crippen LogP contribution in [0.4, 0.5) is 0 Å². The molecular weight excluding hydrogens is 388 g/mol. The molecule has 2 atom stereocenters. The summed E-state index contributed by atoms with van der Waals surface area (Å²) in [4.78, 5) is 1.32. The molecule has 0 saturated carbocycles. The summed E-state index contributed by atoms with van der Waals surface area (Å²) in [6, 6.07) is 14.4. The molecule has 0 aliphatic heterocycles. The van der Waals surface area contributed by atoms with E-state index in [1.807, 2.05) is 0 Å². The molecule has 136 valence electrons. The monoisotopic (exact) mass is 406 g/mol. The van der Waals surface area contributed by atoms with E-state index < -0.39 is 12.2 Å². The van der Waals surface area contributed by atoms with Gasteiger partial charge in [-0.15, -0.1) is 22.7 Å². The summed E-state index contributed by atoms with van der Waals surface area (Å²) in [6.45, 7) is 0. The van der Waals surface area contributed by atoms with Gasteiger partial charge in [0.05, 0.1) is 24.0 Å². The van der Waals surface area contributed by atoms with Crippen LogP contribution in [-0.4, -0.2) is 24.4 Å². The molecule has 0 amide bonds. The molecule has 3 aromatic rings. The number of rotatable bonds is 6. The molecule has 4 nitrogen and oxygen atoms in total. The Labute approximate surface area is 164 Å². The lowest BCUT2D eigenvalue weighted by Crippen LogP contribution is -2.05. The quantitative estimate of drug-likeness (QED) is 0.580. The fourth-order valence-electron chi connectivity index (χ4n) is 2.56. The smallest absolute Gasteiger partial charge is 0.144 e. The van der Waals surface area contributed by atoms with Gasteiger partial charge in [0.2, 0.25) is 0 Å². The van der Waals surface area contributed by atoms with E-state index in [1.165, 1.54) is 22.7 Å². The Kier molecular flexibility index (Phi) is 6.05. The van der Waals surface area contributed by atoms with Crippen LogP contribution in [0.2, 0.25) is 0 Å². The van der Waals surface area contributed by atoms with Crippen molar-refractivity contribution >= 4 is 34.9 Å². The van der Waals surface area contributed by atoms with Gasteiger partial charge in [0.15, 0.2) is 0 Å². The van der Waals surface area contributed by atoms with Crippen LogP contribution in [0, 0.1) is 3.14 Å². The minimum atomic E-state index is -0.859. The van der Waals surface area contributed by atoms with Gasteiger partial charge in [0.25, 0.3) is 0 Å². The maximum absolute atomic E-state index is 10.8. The predicted octanol–water partition coefficient (Wildman–Crippen LogP) is 4.72.